The van der Waals surface area contributed by atoms with Gasteiger partial charge in [-0.25, -0.2) is 0 Å². The van der Waals surface area contributed by atoms with Crippen LogP contribution in [0.15, 0.2) is 12.1 Å². The van der Waals surface area contributed by atoms with Crippen LogP contribution in [-0.4, -0.2) is 29.3 Å². The second kappa shape index (κ2) is 3.30. The van der Waals surface area contributed by atoms with Gasteiger partial charge in [-0.3, -0.25) is 0 Å². The van der Waals surface area contributed by atoms with Gasteiger partial charge in [-0.05, 0) is 46.6 Å². The summed E-state index contributed by atoms with van der Waals surface area (Å²) in [6.45, 7) is 2.31. The summed E-state index contributed by atoms with van der Waals surface area (Å²) in [4.78, 5) is 0. The summed E-state index contributed by atoms with van der Waals surface area (Å²) in [6, 6.07) is 4.60. The Morgan fingerprint density at radius 2 is 2.07 bits per heavy atom. The van der Waals surface area contributed by atoms with Crippen molar-refractivity contribution in [2.24, 2.45) is 11.8 Å². The molecular formula is C9H11IN4. The number of fused-ring (bicyclic) bond motifs is 1. The van der Waals surface area contributed by atoms with Gasteiger partial charge in [0.15, 0.2) is 0 Å². The molecule has 4 nitrogen and oxygen atoms in total. The van der Waals surface area contributed by atoms with Crippen LogP contribution in [0, 0.1) is 15.5 Å². The molecule has 1 aromatic rings. The van der Waals surface area contributed by atoms with Crippen LogP contribution in [0.3, 0.4) is 0 Å². The van der Waals surface area contributed by atoms with Crippen molar-refractivity contribution in [3.8, 4) is 0 Å². The van der Waals surface area contributed by atoms with Gasteiger partial charge in [0.25, 0.3) is 0 Å². The van der Waals surface area contributed by atoms with E-state index in [4.69, 9.17) is 0 Å². The minimum Gasteiger partial charge on any atom is -0.365 e. The van der Waals surface area contributed by atoms with Crippen molar-refractivity contribution in [1.29, 1.82) is 0 Å². The number of hydrogen-bond acceptors (Lipinski definition) is 4. The lowest BCUT2D eigenvalue weighted by molar-refractivity contribution is 0.694. The average molecular weight is 302 g/mol. The summed E-state index contributed by atoms with van der Waals surface area (Å²) in [7, 11) is 0. The first-order valence-corrected chi connectivity index (χ1v) is 5.89. The molecule has 3 rings (SSSR count). The van der Waals surface area contributed by atoms with E-state index in [-0.39, 0.29) is 0 Å². The van der Waals surface area contributed by atoms with Crippen LogP contribution in [0.25, 0.3) is 0 Å². The highest BCUT2D eigenvalue weighted by Crippen LogP contribution is 2.43. The zero-order valence-corrected chi connectivity index (χ0v) is 9.73. The van der Waals surface area contributed by atoms with E-state index in [9.17, 15) is 0 Å². The molecule has 0 spiro atoms. The number of rotatable bonds is 2. The molecule has 2 aliphatic rings. The van der Waals surface area contributed by atoms with Crippen LogP contribution in [0.2, 0.25) is 0 Å². The van der Waals surface area contributed by atoms with Gasteiger partial charge >= 0.3 is 0 Å². The molecule has 74 valence electrons. The molecule has 1 saturated carbocycles. The quantitative estimate of drug-likeness (QED) is 0.790. The van der Waals surface area contributed by atoms with Crippen molar-refractivity contribution in [2.75, 3.05) is 18.4 Å². The molecule has 0 radical (unpaired) electrons. The first kappa shape index (κ1) is 8.84. The lowest BCUT2D eigenvalue weighted by Crippen LogP contribution is -2.21. The molecule has 14 heavy (non-hydrogen) atoms. The fourth-order valence-corrected chi connectivity index (χ4v) is 2.48. The lowest BCUT2D eigenvalue weighted by atomic mass is 10.4. The zero-order valence-electron chi connectivity index (χ0n) is 7.57. The van der Waals surface area contributed by atoms with Gasteiger partial charge in [-0.2, -0.15) is 0 Å². The maximum Gasteiger partial charge on any atom is 0.148 e. The van der Waals surface area contributed by atoms with Crippen LogP contribution in [0.1, 0.15) is 0 Å². The van der Waals surface area contributed by atoms with Gasteiger partial charge in [-0.15, -0.1) is 10.2 Å². The summed E-state index contributed by atoms with van der Waals surface area (Å²) >= 11 is 2.16. The molecule has 5 heteroatoms. The lowest BCUT2D eigenvalue weighted by Gasteiger charge is -2.06. The van der Waals surface area contributed by atoms with Crippen LogP contribution >= 0.6 is 22.6 Å². The zero-order chi connectivity index (χ0) is 9.54. The second-order valence-electron chi connectivity index (χ2n) is 3.90. The molecule has 2 heterocycles. The van der Waals surface area contributed by atoms with E-state index in [1.165, 1.54) is 0 Å². The monoisotopic (exact) mass is 302 g/mol. The topological polar surface area (TPSA) is 49.8 Å². The highest BCUT2D eigenvalue weighted by atomic mass is 127. The van der Waals surface area contributed by atoms with E-state index in [0.717, 1.165) is 34.4 Å². The van der Waals surface area contributed by atoms with E-state index in [2.05, 4.69) is 43.4 Å². The predicted octanol–water partition coefficient (Wildman–Crippen LogP) is 0.711. The maximum absolute atomic E-state index is 4.10. The fourth-order valence-electron chi connectivity index (χ4n) is 2.20. The number of nitrogens with zero attached hydrogens (tertiary/aromatic N) is 2. The second-order valence-corrected chi connectivity index (χ2v) is 5.00. The summed E-state index contributed by atoms with van der Waals surface area (Å²) in [5.41, 5.74) is 0. The molecule has 0 bridgehead atoms. The van der Waals surface area contributed by atoms with Gasteiger partial charge in [0, 0.05) is 19.1 Å². The normalized spacial score (nSPS) is 33.9. The van der Waals surface area contributed by atoms with Crippen LogP contribution in [0.4, 0.5) is 5.82 Å². The van der Waals surface area contributed by atoms with Crippen LogP contribution in [-0.2, 0) is 0 Å². The van der Waals surface area contributed by atoms with E-state index in [1.807, 2.05) is 12.1 Å². The van der Waals surface area contributed by atoms with Gasteiger partial charge < -0.3 is 10.6 Å². The highest BCUT2D eigenvalue weighted by molar-refractivity contribution is 14.1. The van der Waals surface area contributed by atoms with Gasteiger partial charge in [0.1, 0.15) is 9.52 Å². The van der Waals surface area contributed by atoms with Crippen molar-refractivity contribution in [1.82, 2.24) is 15.5 Å². The summed E-state index contributed by atoms with van der Waals surface area (Å²) < 4.78 is 0.936. The molecule has 1 aliphatic carbocycles. The molecule has 2 fully saturated rings. The summed E-state index contributed by atoms with van der Waals surface area (Å²) in [5.74, 6) is 2.54. The highest BCUT2D eigenvalue weighted by Gasteiger charge is 2.53. The number of hydrogen-bond donors (Lipinski definition) is 2. The number of piperidine rings is 1. The van der Waals surface area contributed by atoms with E-state index in [1.54, 1.807) is 0 Å². The SMILES string of the molecule is Ic1ccc(NC2[C@H]3CNC[C@@H]23)nn1. The van der Waals surface area contributed by atoms with Crippen molar-refractivity contribution in [2.45, 2.75) is 6.04 Å². The largest absolute Gasteiger partial charge is 0.365 e. The Morgan fingerprint density at radius 1 is 1.29 bits per heavy atom. The van der Waals surface area contributed by atoms with Crippen LogP contribution in [0.5, 0.6) is 0 Å². The van der Waals surface area contributed by atoms with Crippen LogP contribution < -0.4 is 10.6 Å². The summed E-state index contributed by atoms with van der Waals surface area (Å²) in [5, 5.41) is 14.9. The predicted molar refractivity (Wildman–Crippen MR) is 62.0 cm³/mol. The average Bonchev–Trinajstić information content (AvgIpc) is 2.63. The Morgan fingerprint density at radius 3 is 2.71 bits per heavy atom. The molecule has 1 saturated heterocycles. The van der Waals surface area contributed by atoms with E-state index >= 15 is 0 Å². The fraction of sp³-hybridized carbons (Fsp3) is 0.556. The minimum absolute atomic E-state index is 0.630. The maximum atomic E-state index is 4.10. The molecular weight excluding hydrogens is 291 g/mol. The molecule has 1 aliphatic heterocycles. The first-order chi connectivity index (χ1) is 6.84. The molecule has 3 atom stereocenters. The standard InChI is InChI=1S/C9H11IN4/c10-7-1-2-8(14-13-7)12-9-5-3-11-4-6(5)9/h1-2,5-6,9,11H,3-4H2,(H,12,14)/t5-,6+,9?. The third kappa shape index (κ3) is 1.48. The van der Waals surface area contributed by atoms with E-state index in [0.29, 0.717) is 6.04 Å². The number of aromatic nitrogens is 2. The number of halogens is 1. The Bertz CT molecular complexity index is 329. The van der Waals surface area contributed by atoms with Gasteiger partial charge in [-0.1, -0.05) is 0 Å². The minimum atomic E-state index is 0.630. The third-order valence-corrected chi connectivity index (χ3v) is 3.61. The molecule has 2 N–H and O–H groups in total. The first-order valence-electron chi connectivity index (χ1n) is 4.81. The third-order valence-electron chi connectivity index (χ3n) is 3.04. The Balaban J connectivity index is 1.65. The van der Waals surface area contributed by atoms with Crippen molar-refractivity contribution in [3.63, 3.8) is 0 Å². The number of anilines is 1. The van der Waals surface area contributed by atoms with Crippen molar-refractivity contribution in [3.05, 3.63) is 15.8 Å². The van der Waals surface area contributed by atoms with E-state index < -0.39 is 0 Å². The number of nitrogens with one attached hydrogen (secondary N) is 2. The summed E-state index contributed by atoms with van der Waals surface area (Å²) in [6.07, 6.45) is 0. The van der Waals surface area contributed by atoms with Crippen molar-refractivity contribution < 1.29 is 0 Å². The van der Waals surface area contributed by atoms with Gasteiger partial charge in [0.05, 0.1) is 0 Å². The van der Waals surface area contributed by atoms with Gasteiger partial charge in [0.2, 0.25) is 0 Å². The molecule has 1 unspecified atom stereocenters. The van der Waals surface area contributed by atoms with Crippen molar-refractivity contribution >= 4 is 28.4 Å². The molecule has 0 amide bonds. The Labute approximate surface area is 96.0 Å². The Hall–Kier alpha value is -0.430. The Kier molecular flexibility index (Phi) is 2.09. The molecule has 1 aromatic heterocycles. The molecule has 0 aromatic carbocycles. The smallest absolute Gasteiger partial charge is 0.148 e.